The number of aromatic nitrogens is 1. The number of nitrogens with two attached hydrogens (primary N) is 1. The van der Waals surface area contributed by atoms with Crippen molar-refractivity contribution in [1.29, 1.82) is 0 Å². The van der Waals surface area contributed by atoms with E-state index in [4.69, 9.17) is 5.73 Å². The topological polar surface area (TPSA) is 59.2 Å². The number of amides is 1. The summed E-state index contributed by atoms with van der Waals surface area (Å²) in [5, 5.41) is 2.59. The van der Waals surface area contributed by atoms with Gasteiger partial charge >= 0.3 is 0 Å². The molecule has 0 spiro atoms. The maximum absolute atomic E-state index is 13.2. The van der Waals surface area contributed by atoms with Gasteiger partial charge in [-0.25, -0.2) is 9.37 Å². The minimum atomic E-state index is -0.286. The summed E-state index contributed by atoms with van der Waals surface area (Å²) < 4.78 is 13.2. The first kappa shape index (κ1) is 14.2. The SMILES string of the molecule is N[C@@H]1CCN(C(=O)Cc2csc(-c3cccc(F)c3)n2)C1. The van der Waals surface area contributed by atoms with Crippen LogP contribution in [0.4, 0.5) is 4.39 Å². The lowest BCUT2D eigenvalue weighted by atomic mass is 10.2. The van der Waals surface area contributed by atoms with E-state index in [0.717, 1.165) is 29.2 Å². The number of nitrogens with zero attached hydrogens (tertiary/aromatic N) is 2. The Morgan fingerprint density at radius 1 is 1.52 bits per heavy atom. The molecule has 2 heterocycles. The summed E-state index contributed by atoms with van der Waals surface area (Å²) in [6.07, 6.45) is 1.13. The summed E-state index contributed by atoms with van der Waals surface area (Å²) in [6.45, 7) is 1.35. The molecular weight excluding hydrogens is 289 g/mol. The monoisotopic (exact) mass is 305 g/mol. The van der Waals surface area contributed by atoms with E-state index in [1.165, 1.54) is 23.5 Å². The largest absolute Gasteiger partial charge is 0.341 e. The Kier molecular flexibility index (Phi) is 3.98. The van der Waals surface area contributed by atoms with Gasteiger partial charge in [-0.15, -0.1) is 11.3 Å². The van der Waals surface area contributed by atoms with Crippen molar-refractivity contribution in [3.8, 4) is 10.6 Å². The van der Waals surface area contributed by atoms with Crippen LogP contribution in [0.5, 0.6) is 0 Å². The number of likely N-dealkylation sites (tertiary alicyclic amines) is 1. The van der Waals surface area contributed by atoms with Crippen molar-refractivity contribution >= 4 is 17.2 Å². The molecule has 1 amide bonds. The summed E-state index contributed by atoms with van der Waals surface area (Å²) in [6, 6.07) is 6.41. The first-order valence-corrected chi connectivity index (χ1v) is 7.73. The molecule has 4 nitrogen and oxygen atoms in total. The third-order valence-corrected chi connectivity index (χ3v) is 4.47. The predicted octanol–water partition coefficient (Wildman–Crippen LogP) is 2.05. The highest BCUT2D eigenvalue weighted by Crippen LogP contribution is 2.24. The Morgan fingerprint density at radius 3 is 3.10 bits per heavy atom. The van der Waals surface area contributed by atoms with Crippen molar-refractivity contribution in [3.05, 3.63) is 41.2 Å². The summed E-state index contributed by atoms with van der Waals surface area (Å²) in [4.78, 5) is 18.3. The number of hydrogen-bond donors (Lipinski definition) is 1. The first-order valence-electron chi connectivity index (χ1n) is 6.85. The zero-order valence-corrected chi connectivity index (χ0v) is 12.3. The second-order valence-corrected chi connectivity index (χ2v) is 6.08. The minimum absolute atomic E-state index is 0.0547. The van der Waals surface area contributed by atoms with Gasteiger partial charge in [0.05, 0.1) is 12.1 Å². The fraction of sp³-hybridized carbons (Fsp3) is 0.333. The maximum atomic E-state index is 13.2. The van der Waals surface area contributed by atoms with E-state index in [2.05, 4.69) is 4.98 Å². The molecule has 0 unspecified atom stereocenters. The van der Waals surface area contributed by atoms with Gasteiger partial charge in [0.15, 0.2) is 0 Å². The lowest BCUT2D eigenvalue weighted by molar-refractivity contribution is -0.129. The first-order chi connectivity index (χ1) is 10.1. The second kappa shape index (κ2) is 5.91. The predicted molar refractivity (Wildman–Crippen MR) is 80.4 cm³/mol. The van der Waals surface area contributed by atoms with Crippen molar-refractivity contribution < 1.29 is 9.18 Å². The van der Waals surface area contributed by atoms with Crippen molar-refractivity contribution in [2.75, 3.05) is 13.1 Å². The Labute approximate surface area is 126 Å². The van der Waals surface area contributed by atoms with Crippen LogP contribution in [-0.4, -0.2) is 34.9 Å². The molecule has 0 bridgehead atoms. The molecule has 1 aromatic carbocycles. The number of carbonyl (C=O) groups is 1. The molecule has 2 N–H and O–H groups in total. The fourth-order valence-corrected chi connectivity index (χ4v) is 3.24. The van der Waals surface area contributed by atoms with Crippen LogP contribution < -0.4 is 5.73 Å². The Morgan fingerprint density at radius 2 is 2.38 bits per heavy atom. The summed E-state index contributed by atoms with van der Waals surface area (Å²) in [5.41, 5.74) is 7.27. The van der Waals surface area contributed by atoms with Crippen LogP contribution in [0.15, 0.2) is 29.6 Å². The van der Waals surface area contributed by atoms with E-state index < -0.39 is 0 Å². The molecule has 6 heteroatoms. The Bertz CT molecular complexity index is 658. The normalized spacial score (nSPS) is 18.2. The molecule has 0 aliphatic carbocycles. The van der Waals surface area contributed by atoms with Crippen LogP contribution in [0.2, 0.25) is 0 Å². The van der Waals surface area contributed by atoms with Gasteiger partial charge in [-0.2, -0.15) is 0 Å². The molecule has 21 heavy (non-hydrogen) atoms. The average molecular weight is 305 g/mol. The molecule has 1 aliphatic rings. The standard InChI is InChI=1S/C15H16FN3OS/c16-11-3-1-2-10(6-11)15-18-13(9-21-15)7-14(20)19-5-4-12(17)8-19/h1-3,6,9,12H,4-5,7-8,17H2/t12-/m1/s1. The molecule has 2 aromatic rings. The molecular formula is C15H16FN3OS. The van der Waals surface area contributed by atoms with E-state index >= 15 is 0 Å². The van der Waals surface area contributed by atoms with Crippen LogP contribution in [-0.2, 0) is 11.2 Å². The number of thiazole rings is 1. The van der Waals surface area contributed by atoms with E-state index in [-0.39, 0.29) is 24.2 Å². The fourth-order valence-electron chi connectivity index (χ4n) is 2.42. The van der Waals surface area contributed by atoms with Gasteiger partial charge in [-0.05, 0) is 18.6 Å². The van der Waals surface area contributed by atoms with E-state index in [0.29, 0.717) is 6.54 Å². The zero-order valence-electron chi connectivity index (χ0n) is 11.5. The van der Waals surface area contributed by atoms with Crippen LogP contribution >= 0.6 is 11.3 Å². The molecule has 110 valence electrons. The lowest BCUT2D eigenvalue weighted by Crippen LogP contribution is -2.32. The number of carbonyl (C=O) groups excluding carboxylic acids is 1. The van der Waals surface area contributed by atoms with Crippen molar-refractivity contribution in [2.45, 2.75) is 18.9 Å². The summed E-state index contributed by atoms with van der Waals surface area (Å²) in [5.74, 6) is -0.231. The van der Waals surface area contributed by atoms with Crippen LogP contribution in [0.25, 0.3) is 10.6 Å². The molecule has 1 aromatic heterocycles. The molecule has 3 rings (SSSR count). The summed E-state index contributed by atoms with van der Waals surface area (Å²) in [7, 11) is 0. The van der Waals surface area contributed by atoms with Crippen molar-refractivity contribution in [3.63, 3.8) is 0 Å². The highest BCUT2D eigenvalue weighted by molar-refractivity contribution is 7.13. The van der Waals surface area contributed by atoms with Crippen molar-refractivity contribution in [1.82, 2.24) is 9.88 Å². The average Bonchev–Trinajstić information content (AvgIpc) is 3.08. The second-order valence-electron chi connectivity index (χ2n) is 5.22. The zero-order chi connectivity index (χ0) is 14.8. The molecule has 1 fully saturated rings. The van der Waals surface area contributed by atoms with E-state index in [1.807, 2.05) is 11.4 Å². The Balaban J connectivity index is 1.69. The van der Waals surface area contributed by atoms with Gasteiger partial charge in [0.2, 0.25) is 5.91 Å². The van der Waals surface area contributed by atoms with Gasteiger partial charge < -0.3 is 10.6 Å². The molecule has 0 saturated carbocycles. The van der Waals surface area contributed by atoms with Crippen LogP contribution in [0.1, 0.15) is 12.1 Å². The van der Waals surface area contributed by atoms with Crippen LogP contribution in [0, 0.1) is 5.82 Å². The number of rotatable bonds is 3. The number of halogens is 1. The van der Waals surface area contributed by atoms with E-state index in [1.54, 1.807) is 11.0 Å². The quantitative estimate of drug-likeness (QED) is 0.944. The van der Waals surface area contributed by atoms with Crippen LogP contribution in [0.3, 0.4) is 0 Å². The van der Waals surface area contributed by atoms with Gasteiger partial charge in [-0.1, -0.05) is 12.1 Å². The number of hydrogen-bond acceptors (Lipinski definition) is 4. The molecule has 1 aliphatic heterocycles. The highest BCUT2D eigenvalue weighted by Gasteiger charge is 2.24. The minimum Gasteiger partial charge on any atom is -0.341 e. The third kappa shape index (κ3) is 3.28. The molecule has 1 atom stereocenters. The summed E-state index contributed by atoms with van der Waals surface area (Å²) >= 11 is 1.42. The molecule has 0 radical (unpaired) electrons. The van der Waals surface area contributed by atoms with Crippen molar-refractivity contribution in [2.24, 2.45) is 5.73 Å². The maximum Gasteiger partial charge on any atom is 0.228 e. The van der Waals surface area contributed by atoms with Gasteiger partial charge in [0, 0.05) is 30.1 Å². The highest BCUT2D eigenvalue weighted by atomic mass is 32.1. The van der Waals surface area contributed by atoms with Gasteiger partial charge in [-0.3, -0.25) is 4.79 Å². The third-order valence-electron chi connectivity index (χ3n) is 3.53. The smallest absolute Gasteiger partial charge is 0.228 e. The van der Waals surface area contributed by atoms with Gasteiger partial charge in [0.1, 0.15) is 10.8 Å². The molecule has 1 saturated heterocycles. The number of benzene rings is 1. The van der Waals surface area contributed by atoms with Gasteiger partial charge in [0.25, 0.3) is 0 Å². The Hall–Kier alpha value is -1.79. The lowest BCUT2D eigenvalue weighted by Gasteiger charge is -2.14. The van der Waals surface area contributed by atoms with E-state index in [9.17, 15) is 9.18 Å².